The third-order valence-electron chi connectivity index (χ3n) is 4.27. The lowest BCUT2D eigenvalue weighted by molar-refractivity contribution is -0.0351. The summed E-state index contributed by atoms with van der Waals surface area (Å²) in [5, 5.41) is 7.10. The van der Waals surface area contributed by atoms with E-state index in [9.17, 15) is 0 Å². The van der Waals surface area contributed by atoms with E-state index in [1.54, 1.807) is 0 Å². The molecule has 1 aromatic heterocycles. The fourth-order valence-electron chi connectivity index (χ4n) is 2.90. The molecule has 0 radical (unpaired) electrons. The molecule has 24 heavy (non-hydrogen) atoms. The Morgan fingerprint density at radius 3 is 3.00 bits per heavy atom. The van der Waals surface area contributed by atoms with Gasteiger partial charge in [-0.2, -0.15) is 5.10 Å². The predicted octanol–water partition coefficient (Wildman–Crippen LogP) is 2.57. The number of benzene rings is 1. The zero-order valence-corrected chi connectivity index (χ0v) is 14.7. The van der Waals surface area contributed by atoms with Crippen molar-refractivity contribution >= 4 is 0 Å². The molecule has 2 heterocycles. The molecule has 1 aliphatic heterocycles. The highest BCUT2D eigenvalue weighted by Crippen LogP contribution is 2.20. The molecule has 1 N–H and O–H groups in total. The summed E-state index contributed by atoms with van der Waals surface area (Å²) < 4.78 is 11.7. The van der Waals surface area contributed by atoms with E-state index in [0.29, 0.717) is 0 Å². The summed E-state index contributed by atoms with van der Waals surface area (Å²) in [4.78, 5) is 6.77. The first-order valence-corrected chi connectivity index (χ1v) is 8.55. The van der Waals surface area contributed by atoms with Gasteiger partial charge in [-0.15, -0.1) is 0 Å². The van der Waals surface area contributed by atoms with Crippen LogP contribution in [-0.4, -0.2) is 52.9 Å². The largest absolute Gasteiger partial charge is 0.493 e. The number of rotatable bonds is 6. The summed E-state index contributed by atoms with van der Waals surface area (Å²) in [5.41, 5.74) is 2.42. The Bertz CT molecular complexity index is 671. The fraction of sp³-hybridized carbons (Fsp3) is 0.556. The standard InChI is InChI=1S/C18H26N4O2/c1-13-5-6-14(2)16(11-13)23-9-4-7-22-8-10-24-17(12-22)18-19-15(3)20-21-18/h5-6,11,17H,4,7-10,12H2,1-3H3,(H,19,20,21). The fourth-order valence-corrected chi connectivity index (χ4v) is 2.90. The van der Waals surface area contributed by atoms with Gasteiger partial charge in [0.25, 0.3) is 0 Å². The minimum atomic E-state index is -0.0383. The molecule has 1 aliphatic rings. The van der Waals surface area contributed by atoms with Gasteiger partial charge < -0.3 is 9.47 Å². The van der Waals surface area contributed by atoms with E-state index < -0.39 is 0 Å². The number of ether oxygens (including phenoxy) is 2. The van der Waals surface area contributed by atoms with E-state index in [0.717, 1.165) is 56.7 Å². The van der Waals surface area contributed by atoms with Gasteiger partial charge in [0.2, 0.25) is 0 Å². The van der Waals surface area contributed by atoms with Gasteiger partial charge in [0.1, 0.15) is 17.7 Å². The molecular weight excluding hydrogens is 304 g/mol. The molecule has 1 atom stereocenters. The Balaban J connectivity index is 1.44. The number of aryl methyl sites for hydroxylation is 3. The molecule has 1 saturated heterocycles. The predicted molar refractivity (Wildman–Crippen MR) is 92.3 cm³/mol. The molecule has 3 rings (SSSR count). The number of aromatic nitrogens is 3. The van der Waals surface area contributed by atoms with Gasteiger partial charge in [-0.1, -0.05) is 12.1 Å². The van der Waals surface area contributed by atoms with E-state index >= 15 is 0 Å². The van der Waals surface area contributed by atoms with Gasteiger partial charge in [-0.05, 0) is 44.4 Å². The van der Waals surface area contributed by atoms with Gasteiger partial charge in [0.15, 0.2) is 5.82 Å². The molecule has 0 amide bonds. The Morgan fingerprint density at radius 2 is 2.21 bits per heavy atom. The molecule has 0 bridgehead atoms. The van der Waals surface area contributed by atoms with Gasteiger partial charge in [-0.3, -0.25) is 10.00 Å². The van der Waals surface area contributed by atoms with E-state index in [-0.39, 0.29) is 6.10 Å². The summed E-state index contributed by atoms with van der Waals surface area (Å²) in [6, 6.07) is 6.32. The highest BCUT2D eigenvalue weighted by atomic mass is 16.5. The monoisotopic (exact) mass is 330 g/mol. The number of H-pyrrole nitrogens is 1. The first-order chi connectivity index (χ1) is 11.6. The van der Waals surface area contributed by atoms with E-state index in [4.69, 9.17) is 9.47 Å². The Kier molecular flexibility index (Phi) is 5.48. The van der Waals surface area contributed by atoms with Crippen molar-refractivity contribution in [3.8, 4) is 5.75 Å². The van der Waals surface area contributed by atoms with E-state index in [1.165, 1.54) is 11.1 Å². The topological polar surface area (TPSA) is 63.3 Å². The van der Waals surface area contributed by atoms with E-state index in [2.05, 4.69) is 52.1 Å². The maximum Gasteiger partial charge on any atom is 0.180 e. The van der Waals surface area contributed by atoms with Crippen LogP contribution in [0.5, 0.6) is 5.75 Å². The van der Waals surface area contributed by atoms with Crippen LogP contribution in [0, 0.1) is 20.8 Å². The van der Waals surface area contributed by atoms with Crippen molar-refractivity contribution in [1.29, 1.82) is 0 Å². The van der Waals surface area contributed by atoms with Crippen LogP contribution < -0.4 is 4.74 Å². The number of morpholine rings is 1. The molecule has 0 saturated carbocycles. The highest BCUT2D eigenvalue weighted by Gasteiger charge is 2.24. The molecule has 1 unspecified atom stereocenters. The number of nitrogens with zero attached hydrogens (tertiary/aromatic N) is 3. The van der Waals surface area contributed by atoms with Crippen LogP contribution in [0.2, 0.25) is 0 Å². The van der Waals surface area contributed by atoms with Gasteiger partial charge in [-0.25, -0.2) is 4.98 Å². The maximum absolute atomic E-state index is 5.94. The summed E-state index contributed by atoms with van der Waals surface area (Å²) in [6.07, 6.45) is 0.955. The zero-order chi connectivity index (χ0) is 16.9. The average molecular weight is 330 g/mol. The summed E-state index contributed by atoms with van der Waals surface area (Å²) in [6.45, 7) is 10.3. The van der Waals surface area contributed by atoms with Crippen molar-refractivity contribution in [3.63, 3.8) is 0 Å². The Morgan fingerprint density at radius 1 is 1.33 bits per heavy atom. The van der Waals surface area contributed by atoms with Crippen molar-refractivity contribution in [2.24, 2.45) is 0 Å². The molecule has 1 fully saturated rings. The van der Waals surface area contributed by atoms with Crippen LogP contribution in [0.3, 0.4) is 0 Å². The summed E-state index contributed by atoms with van der Waals surface area (Å²) in [5.74, 6) is 2.57. The molecule has 2 aromatic rings. The van der Waals surface area contributed by atoms with E-state index in [1.807, 2.05) is 6.92 Å². The normalized spacial score (nSPS) is 18.7. The Hall–Kier alpha value is -1.92. The van der Waals surface area contributed by atoms with Crippen LogP contribution in [0.1, 0.15) is 35.3 Å². The molecule has 0 aliphatic carbocycles. The van der Waals surface area contributed by atoms with Crippen LogP contribution in [0.15, 0.2) is 18.2 Å². The number of aromatic amines is 1. The van der Waals surface area contributed by atoms with Gasteiger partial charge in [0.05, 0.1) is 13.2 Å². The van der Waals surface area contributed by atoms with Crippen molar-refractivity contribution in [2.75, 3.05) is 32.8 Å². The SMILES string of the molecule is Cc1ccc(C)c(OCCCN2CCOC(c3n[nH]c(C)n3)C2)c1. The van der Waals surface area contributed by atoms with Crippen molar-refractivity contribution in [2.45, 2.75) is 33.3 Å². The number of hydrogen-bond acceptors (Lipinski definition) is 5. The quantitative estimate of drug-likeness (QED) is 0.825. The molecule has 6 nitrogen and oxygen atoms in total. The molecule has 1 aromatic carbocycles. The highest BCUT2D eigenvalue weighted by molar-refractivity contribution is 5.35. The molecule has 6 heteroatoms. The van der Waals surface area contributed by atoms with Crippen LogP contribution >= 0.6 is 0 Å². The van der Waals surface area contributed by atoms with Crippen molar-refractivity contribution in [1.82, 2.24) is 20.1 Å². The summed E-state index contributed by atoms with van der Waals surface area (Å²) >= 11 is 0. The number of nitrogens with one attached hydrogen (secondary N) is 1. The second kappa shape index (κ2) is 7.77. The smallest absolute Gasteiger partial charge is 0.180 e. The molecule has 0 spiro atoms. The van der Waals surface area contributed by atoms with Crippen molar-refractivity contribution in [3.05, 3.63) is 41.0 Å². The lowest BCUT2D eigenvalue weighted by Crippen LogP contribution is -2.39. The minimum absolute atomic E-state index is 0.0383. The molecular formula is C18H26N4O2. The lowest BCUT2D eigenvalue weighted by atomic mass is 10.1. The second-order valence-electron chi connectivity index (χ2n) is 6.41. The van der Waals surface area contributed by atoms with Crippen LogP contribution in [0.4, 0.5) is 0 Å². The maximum atomic E-state index is 5.94. The van der Waals surface area contributed by atoms with Crippen LogP contribution in [0.25, 0.3) is 0 Å². The van der Waals surface area contributed by atoms with Crippen molar-refractivity contribution < 1.29 is 9.47 Å². The minimum Gasteiger partial charge on any atom is -0.493 e. The van der Waals surface area contributed by atoms with Gasteiger partial charge >= 0.3 is 0 Å². The van der Waals surface area contributed by atoms with Crippen LogP contribution in [-0.2, 0) is 4.74 Å². The summed E-state index contributed by atoms with van der Waals surface area (Å²) in [7, 11) is 0. The molecule has 130 valence electrons. The van der Waals surface area contributed by atoms with Gasteiger partial charge in [0, 0.05) is 19.6 Å². The lowest BCUT2D eigenvalue weighted by Gasteiger charge is -2.31. The first kappa shape index (κ1) is 16.9. The third kappa shape index (κ3) is 4.33. The third-order valence-corrected chi connectivity index (χ3v) is 4.27. The average Bonchev–Trinajstić information content (AvgIpc) is 3.01. The first-order valence-electron chi connectivity index (χ1n) is 8.55. The Labute approximate surface area is 143 Å². The second-order valence-corrected chi connectivity index (χ2v) is 6.41. The zero-order valence-electron chi connectivity index (χ0n) is 14.7. The number of hydrogen-bond donors (Lipinski definition) is 1.